The molecule has 2 bridgehead atoms. The van der Waals surface area contributed by atoms with Crippen molar-refractivity contribution in [3.63, 3.8) is 0 Å². The topological polar surface area (TPSA) is 81.1 Å². The highest BCUT2D eigenvalue weighted by atomic mass is 19.1. The van der Waals surface area contributed by atoms with Gasteiger partial charge in [0.25, 0.3) is 5.91 Å². The molecule has 1 amide bonds. The third-order valence-corrected chi connectivity index (χ3v) is 6.73. The van der Waals surface area contributed by atoms with Crippen molar-refractivity contribution in [2.24, 2.45) is 0 Å². The number of halogens is 2. The van der Waals surface area contributed by atoms with E-state index in [0.29, 0.717) is 27.8 Å². The van der Waals surface area contributed by atoms with E-state index < -0.39 is 11.7 Å². The number of rotatable bonds is 4. The van der Waals surface area contributed by atoms with E-state index in [1.165, 1.54) is 18.2 Å². The maximum atomic E-state index is 15.1. The number of furan rings is 2. The fourth-order valence-corrected chi connectivity index (χ4v) is 4.91. The van der Waals surface area contributed by atoms with Gasteiger partial charge in [-0.2, -0.15) is 0 Å². The lowest BCUT2D eigenvalue weighted by atomic mass is 9.97. The quantitative estimate of drug-likeness (QED) is 0.276. The number of nitrogen functional groups attached to an aromatic ring is 1. The van der Waals surface area contributed by atoms with E-state index in [9.17, 15) is 9.18 Å². The van der Waals surface area contributed by atoms with Gasteiger partial charge in [0.05, 0.1) is 5.56 Å². The van der Waals surface area contributed by atoms with E-state index in [1.54, 1.807) is 24.3 Å². The minimum atomic E-state index is -0.629. The number of pyridine rings is 1. The van der Waals surface area contributed by atoms with Crippen LogP contribution < -0.4 is 11.1 Å². The van der Waals surface area contributed by atoms with Crippen LogP contribution in [-0.2, 0) is 6.54 Å². The van der Waals surface area contributed by atoms with Gasteiger partial charge >= 0.3 is 0 Å². The molecule has 6 rings (SSSR count). The van der Waals surface area contributed by atoms with Crippen LogP contribution in [0.25, 0.3) is 43.8 Å². The number of hydrogen-bond acceptors (Lipinski definition) is 4. The molecule has 6 aromatic rings. The number of carbonyl (C=O) groups excluding carboxylic acids is 1. The number of anilines is 1. The summed E-state index contributed by atoms with van der Waals surface area (Å²) in [5, 5.41) is 5.81. The number of amides is 1. The molecular formula is C29H21F2N3O2. The largest absolute Gasteiger partial charge is 0.455 e. The molecule has 0 fully saturated rings. The number of aryl methyl sites for hydroxylation is 2. The van der Waals surface area contributed by atoms with Crippen LogP contribution in [0.3, 0.4) is 0 Å². The standard InChI is InChI=1S/C29H21F2N3O2/c1-14-9-26(32)34-15(2)24(14)13-33-29(35)23-11-21-22(12-25(23)31)28-20-10-17(5-8-19(20)27(21)36-28)16-3-6-18(30)7-4-16/h3-12H,13H2,1-2H3,(H2,32,34)(H,33,35). The zero-order chi connectivity index (χ0) is 25.1. The van der Waals surface area contributed by atoms with Crippen molar-refractivity contribution in [3.8, 4) is 11.1 Å². The molecule has 0 atom stereocenters. The molecule has 3 aromatic heterocycles. The molecule has 5 nitrogen and oxygen atoms in total. The lowest BCUT2D eigenvalue weighted by molar-refractivity contribution is 0.0947. The molecule has 0 radical (unpaired) electrons. The summed E-state index contributed by atoms with van der Waals surface area (Å²) >= 11 is 0. The third-order valence-electron chi connectivity index (χ3n) is 6.73. The fraction of sp³-hybridized carbons (Fsp3) is 0.103. The minimum Gasteiger partial charge on any atom is -0.455 e. The van der Waals surface area contributed by atoms with Gasteiger partial charge in [0, 0.05) is 33.8 Å². The average molecular weight is 482 g/mol. The average Bonchev–Trinajstić information content (AvgIpc) is 3.39. The molecule has 0 unspecified atom stereocenters. The highest BCUT2D eigenvalue weighted by Crippen LogP contribution is 2.42. The van der Waals surface area contributed by atoms with E-state index in [1.807, 2.05) is 32.0 Å². The van der Waals surface area contributed by atoms with Gasteiger partial charge in [0.2, 0.25) is 0 Å². The zero-order valence-corrected chi connectivity index (χ0v) is 19.6. The van der Waals surface area contributed by atoms with Gasteiger partial charge in [0.1, 0.15) is 28.6 Å². The Hall–Kier alpha value is -4.52. The van der Waals surface area contributed by atoms with E-state index in [-0.39, 0.29) is 17.9 Å². The summed E-state index contributed by atoms with van der Waals surface area (Å²) in [6.07, 6.45) is 0. The number of fused-ring (bicyclic) bond motifs is 8. The lowest BCUT2D eigenvalue weighted by Gasteiger charge is -2.12. The Bertz CT molecular complexity index is 1780. The second-order valence-corrected chi connectivity index (χ2v) is 9.02. The Labute approximate surface area is 204 Å². The van der Waals surface area contributed by atoms with Crippen molar-refractivity contribution in [2.45, 2.75) is 20.4 Å². The second kappa shape index (κ2) is 8.02. The molecule has 0 aliphatic rings. The molecule has 3 N–H and O–H groups in total. The summed E-state index contributed by atoms with van der Waals surface area (Å²) < 4.78 is 34.5. The van der Waals surface area contributed by atoms with Crippen LogP contribution in [0.5, 0.6) is 0 Å². The van der Waals surface area contributed by atoms with E-state index in [4.69, 9.17) is 10.2 Å². The Morgan fingerprint density at radius 3 is 2.31 bits per heavy atom. The molecule has 3 aromatic carbocycles. The molecule has 0 aliphatic heterocycles. The summed E-state index contributed by atoms with van der Waals surface area (Å²) in [4.78, 5) is 17.2. The first-order valence-corrected chi connectivity index (χ1v) is 11.5. The number of benzene rings is 4. The van der Waals surface area contributed by atoms with Gasteiger partial charge in [-0.15, -0.1) is 0 Å². The zero-order valence-electron chi connectivity index (χ0n) is 19.6. The summed E-state index contributed by atoms with van der Waals surface area (Å²) in [5.41, 5.74) is 11.1. The molecule has 36 heavy (non-hydrogen) atoms. The Balaban J connectivity index is 1.36. The Morgan fingerprint density at radius 2 is 1.56 bits per heavy atom. The van der Waals surface area contributed by atoms with Gasteiger partial charge in [-0.3, -0.25) is 4.79 Å². The highest BCUT2D eigenvalue weighted by Gasteiger charge is 2.22. The SMILES string of the molecule is Cc1cc(N)nc(C)c1CNC(=O)c1cc2c(cc1F)c1oc2c2ccc(-c3ccc(F)cc3)cc21. The van der Waals surface area contributed by atoms with Gasteiger partial charge in [-0.25, -0.2) is 13.8 Å². The van der Waals surface area contributed by atoms with Gasteiger partial charge in [0.15, 0.2) is 0 Å². The maximum Gasteiger partial charge on any atom is 0.254 e. The Morgan fingerprint density at radius 1 is 0.889 bits per heavy atom. The molecule has 0 saturated heterocycles. The lowest BCUT2D eigenvalue weighted by Crippen LogP contribution is -2.25. The van der Waals surface area contributed by atoms with Crippen LogP contribution in [-0.4, -0.2) is 10.9 Å². The number of nitrogens with two attached hydrogens (primary N) is 1. The molecule has 0 aliphatic carbocycles. The summed E-state index contributed by atoms with van der Waals surface area (Å²) in [6.45, 7) is 3.92. The van der Waals surface area contributed by atoms with E-state index in [2.05, 4.69) is 10.3 Å². The van der Waals surface area contributed by atoms with Crippen molar-refractivity contribution in [3.05, 3.63) is 94.7 Å². The Kier molecular flexibility index (Phi) is 4.89. The van der Waals surface area contributed by atoms with Gasteiger partial charge in [-0.05, 0) is 78.6 Å². The van der Waals surface area contributed by atoms with Crippen molar-refractivity contribution >= 4 is 44.4 Å². The summed E-state index contributed by atoms with van der Waals surface area (Å²) in [7, 11) is 0. The highest BCUT2D eigenvalue weighted by molar-refractivity contribution is 6.26. The van der Waals surface area contributed by atoms with E-state index >= 15 is 4.39 Å². The predicted molar refractivity (Wildman–Crippen MR) is 137 cm³/mol. The predicted octanol–water partition coefficient (Wildman–Crippen LogP) is 6.65. The number of aromatic nitrogens is 1. The van der Waals surface area contributed by atoms with Crippen LogP contribution in [0.2, 0.25) is 0 Å². The summed E-state index contributed by atoms with van der Waals surface area (Å²) in [5.74, 6) is -1.03. The van der Waals surface area contributed by atoms with Crippen molar-refractivity contribution in [1.82, 2.24) is 10.3 Å². The normalized spacial score (nSPS) is 11.7. The van der Waals surface area contributed by atoms with Crippen LogP contribution >= 0.6 is 0 Å². The molecule has 7 heteroatoms. The van der Waals surface area contributed by atoms with Gasteiger partial charge in [-0.1, -0.05) is 18.2 Å². The van der Waals surface area contributed by atoms with Crippen LogP contribution in [0.15, 0.2) is 65.1 Å². The smallest absolute Gasteiger partial charge is 0.254 e. The monoisotopic (exact) mass is 481 g/mol. The van der Waals surface area contributed by atoms with Crippen molar-refractivity contribution in [1.29, 1.82) is 0 Å². The first-order valence-electron chi connectivity index (χ1n) is 11.5. The molecule has 3 heterocycles. The fourth-order valence-electron chi connectivity index (χ4n) is 4.91. The number of nitrogens with zero attached hydrogens (tertiary/aromatic N) is 1. The van der Waals surface area contributed by atoms with Crippen molar-refractivity contribution < 1.29 is 18.0 Å². The molecule has 0 saturated carbocycles. The van der Waals surface area contributed by atoms with Gasteiger partial charge < -0.3 is 15.5 Å². The molecular weight excluding hydrogens is 460 g/mol. The first kappa shape index (κ1) is 22.0. The van der Waals surface area contributed by atoms with Crippen molar-refractivity contribution in [2.75, 3.05) is 5.73 Å². The number of carbonyl (C=O) groups is 1. The maximum absolute atomic E-state index is 15.1. The number of hydrogen-bond donors (Lipinski definition) is 2. The summed E-state index contributed by atoms with van der Waals surface area (Å²) in [6, 6.07) is 16.7. The van der Waals surface area contributed by atoms with Crippen LogP contribution in [0.4, 0.5) is 14.6 Å². The second-order valence-electron chi connectivity index (χ2n) is 9.02. The van der Waals surface area contributed by atoms with Crippen LogP contribution in [0.1, 0.15) is 27.2 Å². The first-order chi connectivity index (χ1) is 17.3. The molecule has 0 spiro atoms. The molecule has 178 valence electrons. The minimum absolute atomic E-state index is 0.0545. The third kappa shape index (κ3) is 3.43. The van der Waals surface area contributed by atoms with Crippen LogP contribution in [0, 0.1) is 25.5 Å². The van der Waals surface area contributed by atoms with E-state index in [0.717, 1.165) is 38.7 Å². The number of nitrogens with one attached hydrogen (secondary N) is 1.